The third-order valence-electron chi connectivity index (χ3n) is 3.22. The van der Waals surface area contributed by atoms with Crippen LogP contribution in [0.15, 0.2) is 18.2 Å². The molecule has 1 aromatic carbocycles. The first-order valence-corrected chi connectivity index (χ1v) is 6.69. The first-order chi connectivity index (χ1) is 8.87. The van der Waals surface area contributed by atoms with Crippen molar-refractivity contribution in [3.05, 3.63) is 23.8 Å². The Bertz CT molecular complexity index is 440. The second-order valence-electron chi connectivity index (χ2n) is 5.77. The van der Waals surface area contributed by atoms with Gasteiger partial charge in [0.25, 0.3) is 0 Å². The summed E-state index contributed by atoms with van der Waals surface area (Å²) in [5.41, 5.74) is 0.437. The second-order valence-corrected chi connectivity index (χ2v) is 5.77. The minimum Gasteiger partial charge on any atom is -0.493 e. The maximum absolute atomic E-state index is 10.1. The van der Waals surface area contributed by atoms with Crippen LogP contribution < -0.4 is 9.47 Å². The lowest BCUT2D eigenvalue weighted by Gasteiger charge is -2.35. The van der Waals surface area contributed by atoms with Crippen molar-refractivity contribution >= 4 is 0 Å². The average molecular weight is 266 g/mol. The predicted molar refractivity (Wildman–Crippen MR) is 72.5 cm³/mol. The van der Waals surface area contributed by atoms with Gasteiger partial charge in [-0.1, -0.05) is 0 Å². The molecule has 0 aromatic heterocycles. The number of benzene rings is 1. The van der Waals surface area contributed by atoms with E-state index in [-0.39, 0.29) is 11.7 Å². The van der Waals surface area contributed by atoms with Crippen molar-refractivity contribution in [2.24, 2.45) is 0 Å². The summed E-state index contributed by atoms with van der Waals surface area (Å²) in [6, 6.07) is 5.47. The third kappa shape index (κ3) is 3.61. The predicted octanol–water partition coefficient (Wildman–Crippen LogP) is 2.43. The molecule has 4 nitrogen and oxygen atoms in total. The van der Waals surface area contributed by atoms with E-state index in [1.807, 2.05) is 32.0 Å². The molecule has 2 unspecified atom stereocenters. The Morgan fingerprint density at radius 2 is 2.21 bits per heavy atom. The molecule has 1 aliphatic rings. The molecule has 2 atom stereocenters. The number of fused-ring (bicyclic) bond motifs is 1. The van der Waals surface area contributed by atoms with Gasteiger partial charge in [0.15, 0.2) is 0 Å². The van der Waals surface area contributed by atoms with Gasteiger partial charge in [-0.15, -0.1) is 0 Å². The lowest BCUT2D eigenvalue weighted by atomic mass is 9.92. The van der Waals surface area contributed by atoms with E-state index in [1.165, 1.54) is 0 Å². The molecule has 0 saturated carbocycles. The molecule has 106 valence electrons. The highest BCUT2D eigenvalue weighted by atomic mass is 16.5. The van der Waals surface area contributed by atoms with Crippen molar-refractivity contribution in [2.45, 2.75) is 51.4 Å². The molecule has 0 amide bonds. The molecule has 1 aromatic rings. The molecule has 1 heterocycles. The van der Waals surface area contributed by atoms with Crippen molar-refractivity contribution in [3.8, 4) is 11.5 Å². The van der Waals surface area contributed by atoms with Crippen LogP contribution in [0.1, 0.15) is 45.3 Å². The molecule has 0 spiro atoms. The van der Waals surface area contributed by atoms with Crippen LogP contribution in [-0.4, -0.2) is 28.5 Å². The average Bonchev–Trinajstić information content (AvgIpc) is 2.26. The largest absolute Gasteiger partial charge is 0.493 e. The van der Waals surface area contributed by atoms with Crippen LogP contribution in [0.2, 0.25) is 0 Å². The fourth-order valence-electron chi connectivity index (χ4n) is 2.23. The first-order valence-electron chi connectivity index (χ1n) is 6.69. The minimum atomic E-state index is -0.495. The standard InChI is InChI=1S/C15H22O4/c1-10(16)6-7-18-11-4-5-12-13(17)9-15(2,3)19-14(12)8-11/h4-5,8,10,13,16-17H,6-7,9H2,1-3H3. The fourth-order valence-corrected chi connectivity index (χ4v) is 2.23. The van der Waals surface area contributed by atoms with Gasteiger partial charge in [-0.25, -0.2) is 0 Å². The molecule has 2 N–H and O–H groups in total. The Labute approximate surface area is 114 Å². The van der Waals surface area contributed by atoms with Crippen molar-refractivity contribution in [3.63, 3.8) is 0 Å². The number of ether oxygens (including phenoxy) is 2. The second kappa shape index (κ2) is 5.39. The van der Waals surface area contributed by atoms with Crippen LogP contribution in [0.3, 0.4) is 0 Å². The van der Waals surface area contributed by atoms with Crippen molar-refractivity contribution in [1.29, 1.82) is 0 Å². The van der Waals surface area contributed by atoms with Gasteiger partial charge in [-0.3, -0.25) is 0 Å². The molecule has 2 rings (SSSR count). The molecule has 0 saturated heterocycles. The molecule has 1 aliphatic heterocycles. The maximum Gasteiger partial charge on any atom is 0.129 e. The highest BCUT2D eigenvalue weighted by Gasteiger charge is 2.32. The topological polar surface area (TPSA) is 58.9 Å². The summed E-state index contributed by atoms with van der Waals surface area (Å²) in [7, 11) is 0. The summed E-state index contributed by atoms with van der Waals surface area (Å²) in [5, 5.41) is 19.3. The smallest absolute Gasteiger partial charge is 0.129 e. The SMILES string of the molecule is CC(O)CCOc1ccc2c(c1)OC(C)(C)CC2O. The van der Waals surface area contributed by atoms with Gasteiger partial charge in [-0.2, -0.15) is 0 Å². The summed E-state index contributed by atoms with van der Waals surface area (Å²) in [6.45, 7) is 6.11. The normalized spacial score (nSPS) is 22.3. The highest BCUT2D eigenvalue weighted by molar-refractivity contribution is 5.43. The zero-order valence-corrected chi connectivity index (χ0v) is 11.7. The molecular formula is C15H22O4. The molecule has 19 heavy (non-hydrogen) atoms. The molecule has 0 aliphatic carbocycles. The van der Waals surface area contributed by atoms with Crippen molar-refractivity contribution in [2.75, 3.05) is 6.61 Å². The van der Waals surface area contributed by atoms with E-state index in [0.29, 0.717) is 30.9 Å². The van der Waals surface area contributed by atoms with E-state index in [4.69, 9.17) is 9.47 Å². The van der Waals surface area contributed by atoms with Crippen LogP contribution in [0.4, 0.5) is 0 Å². The van der Waals surface area contributed by atoms with Gasteiger partial charge in [0.05, 0.1) is 18.8 Å². The van der Waals surface area contributed by atoms with Crippen LogP contribution in [0.5, 0.6) is 11.5 Å². The Hall–Kier alpha value is -1.26. The van der Waals surface area contributed by atoms with E-state index in [0.717, 1.165) is 5.56 Å². The zero-order chi connectivity index (χ0) is 14.0. The monoisotopic (exact) mass is 266 g/mol. The Balaban J connectivity index is 2.10. The highest BCUT2D eigenvalue weighted by Crippen LogP contribution is 2.40. The number of hydrogen-bond acceptors (Lipinski definition) is 4. The minimum absolute atomic E-state index is 0.366. The van der Waals surface area contributed by atoms with E-state index < -0.39 is 6.10 Å². The summed E-state index contributed by atoms with van der Waals surface area (Å²) < 4.78 is 11.4. The van der Waals surface area contributed by atoms with Crippen molar-refractivity contribution < 1.29 is 19.7 Å². The van der Waals surface area contributed by atoms with E-state index in [1.54, 1.807) is 6.92 Å². The maximum atomic E-state index is 10.1. The Morgan fingerprint density at radius 3 is 2.89 bits per heavy atom. The van der Waals surface area contributed by atoms with E-state index in [2.05, 4.69) is 0 Å². The molecule has 0 radical (unpaired) electrons. The number of rotatable bonds is 4. The van der Waals surface area contributed by atoms with Gasteiger partial charge < -0.3 is 19.7 Å². The fraction of sp³-hybridized carbons (Fsp3) is 0.600. The summed E-state index contributed by atoms with van der Waals surface area (Å²) in [6.07, 6.45) is 0.314. The third-order valence-corrected chi connectivity index (χ3v) is 3.22. The Kier molecular flexibility index (Phi) is 4.02. The van der Waals surface area contributed by atoms with E-state index >= 15 is 0 Å². The van der Waals surface area contributed by atoms with Crippen LogP contribution >= 0.6 is 0 Å². The van der Waals surface area contributed by atoms with Gasteiger partial charge in [0.2, 0.25) is 0 Å². The lowest BCUT2D eigenvalue weighted by molar-refractivity contribution is 0.0113. The van der Waals surface area contributed by atoms with Crippen LogP contribution in [-0.2, 0) is 0 Å². The van der Waals surface area contributed by atoms with Gasteiger partial charge in [0.1, 0.15) is 17.1 Å². The quantitative estimate of drug-likeness (QED) is 0.878. The van der Waals surface area contributed by atoms with Gasteiger partial charge in [0, 0.05) is 24.5 Å². The molecule has 0 fully saturated rings. The van der Waals surface area contributed by atoms with Crippen molar-refractivity contribution in [1.82, 2.24) is 0 Å². The number of aliphatic hydroxyl groups is 2. The molecule has 4 heteroatoms. The first kappa shape index (κ1) is 14.2. The van der Waals surface area contributed by atoms with Gasteiger partial charge >= 0.3 is 0 Å². The summed E-state index contributed by atoms with van der Waals surface area (Å²) in [5.74, 6) is 1.38. The number of aliphatic hydroxyl groups excluding tert-OH is 2. The Morgan fingerprint density at radius 1 is 1.47 bits per heavy atom. The van der Waals surface area contributed by atoms with Crippen LogP contribution in [0.25, 0.3) is 0 Å². The zero-order valence-electron chi connectivity index (χ0n) is 11.7. The molecular weight excluding hydrogens is 244 g/mol. The van der Waals surface area contributed by atoms with E-state index in [9.17, 15) is 10.2 Å². The van der Waals surface area contributed by atoms with Crippen LogP contribution in [0, 0.1) is 0 Å². The molecule has 0 bridgehead atoms. The summed E-state index contributed by atoms with van der Waals surface area (Å²) >= 11 is 0. The summed E-state index contributed by atoms with van der Waals surface area (Å²) in [4.78, 5) is 0. The number of hydrogen-bond donors (Lipinski definition) is 2. The van der Waals surface area contributed by atoms with Gasteiger partial charge in [-0.05, 0) is 32.9 Å². The lowest BCUT2D eigenvalue weighted by Crippen LogP contribution is -2.34.